The lowest BCUT2D eigenvalue weighted by atomic mass is 9.75. The Kier molecular flexibility index (Phi) is 9.76. The van der Waals surface area contributed by atoms with Crippen LogP contribution in [0.15, 0.2) is 29.8 Å². The molecule has 1 aliphatic carbocycles. The Balaban J connectivity index is 2.05. The van der Waals surface area contributed by atoms with Crippen molar-refractivity contribution >= 4 is 24.0 Å². The molecule has 0 atom stereocenters. The lowest BCUT2D eigenvalue weighted by Gasteiger charge is -2.29. The van der Waals surface area contributed by atoms with Crippen molar-refractivity contribution in [2.24, 2.45) is 0 Å². The van der Waals surface area contributed by atoms with Crippen molar-refractivity contribution in [3.8, 4) is 0 Å². The number of hydrogen-bond donors (Lipinski definition) is 0. The molecule has 0 heterocycles. The minimum atomic E-state index is -1.51. The van der Waals surface area contributed by atoms with Crippen molar-refractivity contribution in [2.75, 3.05) is 20.3 Å². The molecule has 0 N–H and O–H groups in total. The molecule has 0 unspecified atom stereocenters. The van der Waals surface area contributed by atoms with Gasteiger partial charge in [-0.3, -0.25) is 14.4 Å². The molecule has 0 fully saturated rings. The van der Waals surface area contributed by atoms with Crippen LogP contribution in [0.5, 0.6) is 0 Å². The molecule has 0 aliphatic heterocycles. The van der Waals surface area contributed by atoms with Gasteiger partial charge >= 0.3 is 17.9 Å². The van der Waals surface area contributed by atoms with Crippen molar-refractivity contribution in [1.82, 2.24) is 0 Å². The fourth-order valence-electron chi connectivity index (χ4n) is 4.13. The molecule has 1 aromatic carbocycles. The smallest absolute Gasteiger partial charge is 0.332 e. The maximum Gasteiger partial charge on any atom is 0.332 e. The SMILES string of the molecule is CCOC(=O)C1(C(=O)OCC)C(CCCCCCCCC(=O)OC)=Cc2ccccc21. The summed E-state index contributed by atoms with van der Waals surface area (Å²) in [5.74, 6) is -1.29. The van der Waals surface area contributed by atoms with Crippen LogP contribution in [0.1, 0.15) is 76.3 Å². The van der Waals surface area contributed by atoms with Crippen molar-refractivity contribution in [3.05, 3.63) is 41.0 Å². The molecule has 1 aromatic rings. The largest absolute Gasteiger partial charge is 0.469 e. The van der Waals surface area contributed by atoms with Crippen molar-refractivity contribution < 1.29 is 28.6 Å². The predicted molar refractivity (Wildman–Crippen MR) is 118 cm³/mol. The molecule has 1 aliphatic rings. The highest BCUT2D eigenvalue weighted by Gasteiger charge is 2.56. The van der Waals surface area contributed by atoms with Gasteiger partial charge in [0.25, 0.3) is 0 Å². The Hall–Kier alpha value is -2.63. The van der Waals surface area contributed by atoms with Crippen LogP contribution < -0.4 is 0 Å². The molecule has 6 heteroatoms. The van der Waals surface area contributed by atoms with Gasteiger partial charge in [0.1, 0.15) is 0 Å². The van der Waals surface area contributed by atoms with Crippen LogP contribution in [0, 0.1) is 0 Å². The summed E-state index contributed by atoms with van der Waals surface area (Å²) in [6.07, 6.45) is 8.76. The van der Waals surface area contributed by atoms with E-state index in [1.165, 1.54) is 7.11 Å². The second-order valence-corrected chi connectivity index (χ2v) is 7.65. The molecule has 6 nitrogen and oxygen atoms in total. The van der Waals surface area contributed by atoms with Crippen molar-refractivity contribution in [1.29, 1.82) is 0 Å². The molecule has 0 spiro atoms. The lowest BCUT2D eigenvalue weighted by Crippen LogP contribution is -2.46. The summed E-state index contributed by atoms with van der Waals surface area (Å²) < 4.78 is 15.4. The average Bonchev–Trinajstić information content (AvgIpc) is 3.10. The first-order valence-electron chi connectivity index (χ1n) is 11.2. The quantitative estimate of drug-likeness (QED) is 0.195. The minimum Gasteiger partial charge on any atom is -0.469 e. The number of hydrogen-bond acceptors (Lipinski definition) is 6. The second-order valence-electron chi connectivity index (χ2n) is 7.65. The highest BCUT2D eigenvalue weighted by atomic mass is 16.6. The Labute approximate surface area is 184 Å². The molecule has 170 valence electrons. The molecule has 0 saturated heterocycles. The van der Waals surface area contributed by atoms with Crippen LogP contribution in [0.2, 0.25) is 0 Å². The van der Waals surface area contributed by atoms with Gasteiger partial charge in [-0.2, -0.15) is 0 Å². The zero-order valence-electron chi connectivity index (χ0n) is 18.9. The zero-order valence-corrected chi connectivity index (χ0v) is 18.9. The highest BCUT2D eigenvalue weighted by Crippen LogP contribution is 2.46. The molecular weight excluding hydrogens is 396 g/mol. The van der Waals surface area contributed by atoms with Crippen LogP contribution in [-0.4, -0.2) is 38.2 Å². The van der Waals surface area contributed by atoms with Gasteiger partial charge < -0.3 is 14.2 Å². The molecule has 0 bridgehead atoms. The summed E-state index contributed by atoms with van der Waals surface area (Å²) in [5.41, 5.74) is 0.741. The summed E-state index contributed by atoms with van der Waals surface area (Å²) in [6.45, 7) is 3.87. The van der Waals surface area contributed by atoms with E-state index >= 15 is 0 Å². The van der Waals surface area contributed by atoms with Crippen LogP contribution in [0.25, 0.3) is 6.08 Å². The Morgan fingerprint density at radius 2 is 1.42 bits per heavy atom. The molecule has 0 radical (unpaired) electrons. The number of unbranched alkanes of at least 4 members (excludes halogenated alkanes) is 5. The third-order valence-corrected chi connectivity index (χ3v) is 5.64. The summed E-state index contributed by atoms with van der Waals surface area (Å²) in [4.78, 5) is 37.4. The minimum absolute atomic E-state index is 0.165. The number of fused-ring (bicyclic) bond motifs is 1. The summed E-state index contributed by atoms with van der Waals surface area (Å²) in [5, 5.41) is 0. The molecular formula is C25H34O6. The van der Waals surface area contributed by atoms with Crippen LogP contribution in [0.4, 0.5) is 0 Å². The zero-order chi connectivity index (χ0) is 22.7. The number of carbonyl (C=O) groups is 3. The first-order valence-corrected chi connectivity index (χ1v) is 11.2. The molecule has 2 rings (SSSR count). The fourth-order valence-corrected chi connectivity index (χ4v) is 4.13. The number of benzene rings is 1. The third kappa shape index (κ3) is 5.75. The second kappa shape index (κ2) is 12.3. The fraction of sp³-hybridized carbons (Fsp3) is 0.560. The maximum absolute atomic E-state index is 13.1. The van der Waals surface area contributed by atoms with Crippen molar-refractivity contribution in [2.45, 2.75) is 70.6 Å². The van der Waals surface area contributed by atoms with E-state index in [-0.39, 0.29) is 19.2 Å². The molecule has 0 aromatic heterocycles. The number of methoxy groups -OCH3 is 1. The van der Waals surface area contributed by atoms with Crippen molar-refractivity contribution in [3.63, 3.8) is 0 Å². The maximum atomic E-state index is 13.1. The van der Waals surface area contributed by atoms with Gasteiger partial charge in [-0.15, -0.1) is 0 Å². The molecule has 0 amide bonds. The lowest BCUT2D eigenvalue weighted by molar-refractivity contribution is -0.162. The van der Waals surface area contributed by atoms with E-state index in [1.54, 1.807) is 13.8 Å². The predicted octanol–water partition coefficient (Wildman–Crippen LogP) is 4.74. The van der Waals surface area contributed by atoms with Gasteiger partial charge in [0.15, 0.2) is 0 Å². The van der Waals surface area contributed by atoms with E-state index < -0.39 is 17.4 Å². The number of carbonyl (C=O) groups excluding carboxylic acids is 3. The van der Waals surface area contributed by atoms with Crippen LogP contribution in [-0.2, 0) is 34.0 Å². The van der Waals surface area contributed by atoms with E-state index in [9.17, 15) is 14.4 Å². The molecule has 0 saturated carbocycles. The summed E-state index contributed by atoms with van der Waals surface area (Å²) in [6, 6.07) is 7.45. The highest BCUT2D eigenvalue weighted by molar-refractivity contribution is 6.13. The summed E-state index contributed by atoms with van der Waals surface area (Å²) in [7, 11) is 1.41. The number of esters is 3. The number of rotatable bonds is 13. The normalized spacial score (nSPS) is 13.8. The topological polar surface area (TPSA) is 78.9 Å². The van der Waals surface area contributed by atoms with Gasteiger partial charge in [-0.1, -0.05) is 56.0 Å². The molecule has 31 heavy (non-hydrogen) atoms. The van der Waals surface area contributed by atoms with Gasteiger partial charge in [-0.25, -0.2) is 0 Å². The van der Waals surface area contributed by atoms with Crippen LogP contribution in [0.3, 0.4) is 0 Å². The van der Waals surface area contributed by atoms with Gasteiger partial charge in [0.2, 0.25) is 5.41 Å². The average molecular weight is 431 g/mol. The van der Waals surface area contributed by atoms with E-state index in [0.29, 0.717) is 18.4 Å². The van der Waals surface area contributed by atoms with Gasteiger partial charge in [0.05, 0.1) is 20.3 Å². The standard InChI is InChI=1S/C25H34O6/c1-4-30-23(27)25(24(28)31-5-2)20(18-19-14-12-13-16-21(19)25)15-10-8-6-7-9-11-17-22(26)29-3/h12-14,16,18H,4-11,15,17H2,1-3H3. The van der Waals surface area contributed by atoms with Gasteiger partial charge in [0, 0.05) is 6.42 Å². The Morgan fingerprint density at radius 3 is 2.03 bits per heavy atom. The Bertz CT molecular complexity index is 777. The first-order chi connectivity index (χ1) is 15.0. The first kappa shape index (κ1) is 24.6. The van der Waals surface area contributed by atoms with E-state index in [0.717, 1.165) is 49.7 Å². The van der Waals surface area contributed by atoms with Gasteiger partial charge in [-0.05, 0) is 49.8 Å². The third-order valence-electron chi connectivity index (χ3n) is 5.64. The van der Waals surface area contributed by atoms with Crippen LogP contribution >= 0.6 is 0 Å². The van der Waals surface area contributed by atoms with E-state index in [1.807, 2.05) is 30.3 Å². The monoisotopic (exact) mass is 430 g/mol. The summed E-state index contributed by atoms with van der Waals surface area (Å²) >= 11 is 0. The van der Waals surface area contributed by atoms with E-state index in [2.05, 4.69) is 4.74 Å². The number of ether oxygens (including phenoxy) is 3. The Morgan fingerprint density at radius 1 is 0.839 bits per heavy atom. The van der Waals surface area contributed by atoms with E-state index in [4.69, 9.17) is 9.47 Å².